The standard InChI is InChI=1S/C17H15N3O2S/c1-3-20(13-8-6-12(7-9-13)11(2)21)17-19-15(22)14-5-4-10-18-16(14)23-17/h4-10H,3H2,1-2H3. The van der Waals surface area contributed by atoms with Crippen LogP contribution < -0.4 is 10.5 Å². The summed E-state index contributed by atoms with van der Waals surface area (Å²) in [5.41, 5.74) is 1.27. The average Bonchev–Trinajstić information content (AvgIpc) is 2.56. The number of carbonyl (C=O) groups excluding carboxylic acids is 1. The van der Waals surface area contributed by atoms with Crippen LogP contribution in [0, 0.1) is 0 Å². The van der Waals surface area contributed by atoms with Gasteiger partial charge < -0.3 is 4.90 Å². The maximum Gasteiger partial charge on any atom is 0.282 e. The van der Waals surface area contributed by atoms with Crippen LogP contribution in [0.4, 0.5) is 10.8 Å². The summed E-state index contributed by atoms with van der Waals surface area (Å²) < 4.78 is 0. The van der Waals surface area contributed by atoms with Gasteiger partial charge in [0.05, 0.1) is 5.39 Å². The summed E-state index contributed by atoms with van der Waals surface area (Å²) in [6.45, 7) is 4.18. The van der Waals surface area contributed by atoms with Gasteiger partial charge in [-0.3, -0.25) is 9.59 Å². The molecule has 0 unspecified atom stereocenters. The number of hydrogen-bond donors (Lipinski definition) is 0. The lowest BCUT2D eigenvalue weighted by Crippen LogP contribution is -2.20. The van der Waals surface area contributed by atoms with E-state index in [1.54, 1.807) is 30.5 Å². The lowest BCUT2D eigenvalue weighted by Gasteiger charge is -2.21. The number of benzene rings is 1. The van der Waals surface area contributed by atoms with E-state index < -0.39 is 0 Å². The molecule has 2 aromatic heterocycles. The number of Topliss-reactive ketones (excluding diaryl/α,β-unsaturated/α-hetero) is 1. The summed E-state index contributed by atoms with van der Waals surface area (Å²) >= 11 is 1.38. The maximum atomic E-state index is 12.2. The third kappa shape index (κ3) is 2.98. The van der Waals surface area contributed by atoms with Crippen LogP contribution in [-0.4, -0.2) is 22.3 Å². The maximum absolute atomic E-state index is 12.2. The second kappa shape index (κ2) is 6.26. The molecule has 6 heteroatoms. The topological polar surface area (TPSA) is 63.2 Å². The summed E-state index contributed by atoms with van der Waals surface area (Å²) in [5.74, 6) is 0.0253. The van der Waals surface area contributed by atoms with Crippen LogP contribution in [0.5, 0.6) is 0 Å². The lowest BCUT2D eigenvalue weighted by molar-refractivity contribution is 0.101. The Hall–Kier alpha value is -2.60. The molecule has 0 atom stereocenters. The first-order valence-electron chi connectivity index (χ1n) is 7.24. The molecule has 3 rings (SSSR count). The molecular weight excluding hydrogens is 310 g/mol. The molecule has 0 aliphatic carbocycles. The van der Waals surface area contributed by atoms with Gasteiger partial charge in [0.1, 0.15) is 4.83 Å². The molecule has 0 spiro atoms. The van der Waals surface area contributed by atoms with E-state index in [1.165, 1.54) is 18.3 Å². The van der Waals surface area contributed by atoms with Gasteiger partial charge in [0.2, 0.25) is 0 Å². The summed E-state index contributed by atoms with van der Waals surface area (Å²) in [6.07, 6.45) is 1.67. The first kappa shape index (κ1) is 15.3. The third-order valence-electron chi connectivity index (χ3n) is 3.52. The number of ketones is 1. The normalized spacial score (nSPS) is 10.7. The molecule has 0 amide bonds. The van der Waals surface area contributed by atoms with Gasteiger partial charge in [-0.15, -0.1) is 0 Å². The van der Waals surface area contributed by atoms with Gasteiger partial charge in [0.15, 0.2) is 10.9 Å². The van der Waals surface area contributed by atoms with Crippen LogP contribution in [-0.2, 0) is 0 Å². The van der Waals surface area contributed by atoms with Crippen LogP contribution in [0.2, 0.25) is 0 Å². The van der Waals surface area contributed by atoms with Crippen molar-refractivity contribution in [2.24, 2.45) is 0 Å². The zero-order valence-corrected chi connectivity index (χ0v) is 13.6. The van der Waals surface area contributed by atoms with Crippen molar-refractivity contribution < 1.29 is 4.79 Å². The largest absolute Gasteiger partial charge is 0.318 e. The van der Waals surface area contributed by atoms with Crippen LogP contribution in [0.25, 0.3) is 10.2 Å². The molecule has 116 valence electrons. The Kier molecular flexibility index (Phi) is 4.16. The van der Waals surface area contributed by atoms with Crippen LogP contribution in [0.1, 0.15) is 24.2 Å². The molecule has 5 nitrogen and oxygen atoms in total. The number of nitrogens with zero attached hydrogens (tertiary/aromatic N) is 3. The Morgan fingerprint density at radius 2 is 1.96 bits per heavy atom. The molecule has 0 bridgehead atoms. The van der Waals surface area contributed by atoms with E-state index in [4.69, 9.17) is 0 Å². The van der Waals surface area contributed by atoms with Crippen molar-refractivity contribution in [1.29, 1.82) is 0 Å². The first-order chi connectivity index (χ1) is 11.1. The Balaban J connectivity index is 2.07. The number of rotatable bonds is 4. The molecule has 0 fully saturated rings. The fourth-order valence-electron chi connectivity index (χ4n) is 2.31. The predicted octanol–water partition coefficient (Wildman–Crippen LogP) is 3.41. The van der Waals surface area contributed by atoms with E-state index in [1.807, 2.05) is 24.0 Å². The quantitative estimate of drug-likeness (QED) is 0.688. The van der Waals surface area contributed by atoms with Crippen molar-refractivity contribution in [3.63, 3.8) is 0 Å². The SMILES string of the molecule is CCN(c1ccc(C(C)=O)cc1)c1nc(=O)c2cccnc2s1. The van der Waals surface area contributed by atoms with Crippen molar-refractivity contribution in [3.05, 3.63) is 58.5 Å². The van der Waals surface area contributed by atoms with E-state index in [-0.39, 0.29) is 11.3 Å². The van der Waals surface area contributed by atoms with Gasteiger partial charge >= 0.3 is 0 Å². The Labute approximate surface area is 137 Å². The van der Waals surface area contributed by atoms with E-state index in [0.29, 0.717) is 27.5 Å². The minimum atomic E-state index is -0.277. The van der Waals surface area contributed by atoms with Gasteiger partial charge in [-0.05, 0) is 50.2 Å². The second-order valence-corrected chi connectivity index (χ2v) is 5.96. The minimum absolute atomic E-state index is 0.0253. The molecule has 0 aliphatic rings. The number of carbonyl (C=O) groups is 1. The molecule has 3 aromatic rings. The highest BCUT2D eigenvalue weighted by molar-refractivity contribution is 7.21. The van der Waals surface area contributed by atoms with E-state index in [0.717, 1.165) is 5.69 Å². The van der Waals surface area contributed by atoms with Gasteiger partial charge in [-0.25, -0.2) is 4.98 Å². The summed E-state index contributed by atoms with van der Waals surface area (Å²) in [5, 5.41) is 1.13. The third-order valence-corrected chi connectivity index (χ3v) is 4.53. The van der Waals surface area contributed by atoms with Gasteiger partial charge in [-0.2, -0.15) is 4.98 Å². The van der Waals surface area contributed by atoms with Crippen LogP contribution in [0.15, 0.2) is 47.4 Å². The predicted molar refractivity (Wildman–Crippen MR) is 92.8 cm³/mol. The van der Waals surface area contributed by atoms with E-state index in [9.17, 15) is 9.59 Å². The van der Waals surface area contributed by atoms with E-state index >= 15 is 0 Å². The van der Waals surface area contributed by atoms with Gasteiger partial charge in [0, 0.05) is 24.0 Å². The number of aromatic nitrogens is 2. The van der Waals surface area contributed by atoms with Crippen LogP contribution >= 0.6 is 11.3 Å². The molecule has 0 saturated carbocycles. The number of hydrogen-bond acceptors (Lipinski definition) is 6. The van der Waals surface area contributed by atoms with Crippen molar-refractivity contribution in [1.82, 2.24) is 9.97 Å². The number of fused-ring (bicyclic) bond motifs is 1. The molecule has 0 saturated heterocycles. The fraction of sp³-hybridized carbons (Fsp3) is 0.176. The van der Waals surface area contributed by atoms with Crippen molar-refractivity contribution in [2.75, 3.05) is 11.4 Å². The second-order valence-electron chi connectivity index (χ2n) is 5.01. The molecule has 1 aromatic carbocycles. The van der Waals surface area contributed by atoms with E-state index in [2.05, 4.69) is 9.97 Å². The molecule has 2 heterocycles. The Bertz CT molecular complexity index is 919. The first-order valence-corrected chi connectivity index (χ1v) is 8.06. The summed E-state index contributed by atoms with van der Waals surface area (Å²) in [7, 11) is 0. The van der Waals surface area contributed by atoms with Gasteiger partial charge in [0.25, 0.3) is 5.56 Å². The Morgan fingerprint density at radius 3 is 2.61 bits per heavy atom. The zero-order valence-electron chi connectivity index (χ0n) is 12.8. The average molecular weight is 325 g/mol. The highest BCUT2D eigenvalue weighted by Gasteiger charge is 2.13. The highest BCUT2D eigenvalue weighted by atomic mass is 32.1. The molecule has 23 heavy (non-hydrogen) atoms. The summed E-state index contributed by atoms with van der Waals surface area (Å²) in [4.78, 5) is 34.6. The highest BCUT2D eigenvalue weighted by Crippen LogP contribution is 2.28. The summed E-state index contributed by atoms with van der Waals surface area (Å²) in [6, 6.07) is 10.8. The molecule has 0 aliphatic heterocycles. The molecule has 0 radical (unpaired) electrons. The Morgan fingerprint density at radius 1 is 1.22 bits per heavy atom. The van der Waals surface area contributed by atoms with Crippen molar-refractivity contribution in [2.45, 2.75) is 13.8 Å². The molecule has 0 N–H and O–H groups in total. The number of pyridine rings is 1. The smallest absolute Gasteiger partial charge is 0.282 e. The fourth-order valence-corrected chi connectivity index (χ4v) is 3.34. The van der Waals surface area contributed by atoms with Gasteiger partial charge in [-0.1, -0.05) is 11.3 Å². The minimum Gasteiger partial charge on any atom is -0.318 e. The zero-order chi connectivity index (χ0) is 16.4. The van der Waals surface area contributed by atoms with Crippen molar-refractivity contribution >= 4 is 38.2 Å². The molecular formula is C17H15N3O2S. The van der Waals surface area contributed by atoms with Crippen LogP contribution in [0.3, 0.4) is 0 Å². The number of anilines is 2. The van der Waals surface area contributed by atoms with Crippen molar-refractivity contribution in [3.8, 4) is 0 Å². The lowest BCUT2D eigenvalue weighted by atomic mass is 10.1. The monoisotopic (exact) mass is 325 g/mol.